The maximum absolute atomic E-state index is 11.7. The van der Waals surface area contributed by atoms with Crippen LogP contribution >= 0.6 is 0 Å². The fourth-order valence-corrected chi connectivity index (χ4v) is 2.80. The Morgan fingerprint density at radius 1 is 1.16 bits per heavy atom. The van der Waals surface area contributed by atoms with E-state index < -0.39 is 5.97 Å². The van der Waals surface area contributed by atoms with E-state index in [9.17, 15) is 9.59 Å². The van der Waals surface area contributed by atoms with Crippen molar-refractivity contribution in [2.75, 3.05) is 6.61 Å². The van der Waals surface area contributed by atoms with Crippen LogP contribution in [0.4, 0.5) is 4.79 Å². The van der Waals surface area contributed by atoms with Crippen molar-refractivity contribution in [1.29, 1.82) is 0 Å². The van der Waals surface area contributed by atoms with Crippen molar-refractivity contribution in [2.45, 2.75) is 57.2 Å². The van der Waals surface area contributed by atoms with Crippen molar-refractivity contribution < 1.29 is 19.4 Å². The third kappa shape index (κ3) is 3.83. The molecule has 19 heavy (non-hydrogen) atoms. The highest BCUT2D eigenvalue weighted by molar-refractivity contribution is 5.75. The highest BCUT2D eigenvalue weighted by Gasteiger charge is 2.33. The van der Waals surface area contributed by atoms with Crippen molar-refractivity contribution in [3.63, 3.8) is 0 Å². The second kappa shape index (κ2) is 6.23. The molecule has 0 aliphatic heterocycles. The summed E-state index contributed by atoms with van der Waals surface area (Å²) < 4.78 is 5.43. The standard InChI is InChI=1S/C13H22N2O4/c1-2-19-11-6-10(7-11)15-13(18)14-9-4-3-8(5-9)12(16)17/h8-11H,2-7H2,1H3,(H,16,17)(H2,14,15,18). The van der Waals surface area contributed by atoms with Gasteiger partial charge in [0.25, 0.3) is 0 Å². The van der Waals surface area contributed by atoms with E-state index in [4.69, 9.17) is 9.84 Å². The van der Waals surface area contributed by atoms with Crippen molar-refractivity contribution in [1.82, 2.24) is 10.6 Å². The molecule has 0 radical (unpaired) electrons. The van der Waals surface area contributed by atoms with E-state index in [1.54, 1.807) is 0 Å². The predicted molar refractivity (Wildman–Crippen MR) is 68.9 cm³/mol. The van der Waals surface area contributed by atoms with E-state index in [0.29, 0.717) is 19.4 Å². The number of carbonyl (C=O) groups is 2. The van der Waals surface area contributed by atoms with Crippen molar-refractivity contribution >= 4 is 12.0 Å². The quantitative estimate of drug-likeness (QED) is 0.698. The van der Waals surface area contributed by atoms with E-state index in [1.807, 2.05) is 6.92 Å². The van der Waals surface area contributed by atoms with Crippen molar-refractivity contribution in [3.8, 4) is 0 Å². The Hall–Kier alpha value is -1.30. The Bertz CT molecular complexity index is 342. The van der Waals surface area contributed by atoms with Gasteiger partial charge in [0.1, 0.15) is 0 Å². The minimum atomic E-state index is -0.761. The maximum Gasteiger partial charge on any atom is 0.315 e. The van der Waals surface area contributed by atoms with E-state index in [2.05, 4.69) is 10.6 Å². The summed E-state index contributed by atoms with van der Waals surface area (Å²) in [4.78, 5) is 22.6. The van der Waals surface area contributed by atoms with Crippen LogP contribution in [0.2, 0.25) is 0 Å². The zero-order valence-corrected chi connectivity index (χ0v) is 11.2. The number of ether oxygens (including phenoxy) is 1. The SMILES string of the molecule is CCOC1CC(NC(=O)NC2CCC(C(=O)O)C2)C1. The first-order valence-electron chi connectivity index (χ1n) is 7.00. The van der Waals surface area contributed by atoms with Crippen LogP contribution < -0.4 is 10.6 Å². The summed E-state index contributed by atoms with van der Waals surface area (Å²) in [5, 5.41) is 14.6. The molecule has 0 saturated heterocycles. The number of hydrogen-bond donors (Lipinski definition) is 3. The fraction of sp³-hybridized carbons (Fsp3) is 0.846. The van der Waals surface area contributed by atoms with Crippen LogP contribution in [0, 0.1) is 5.92 Å². The molecule has 0 aromatic heterocycles. The second-order valence-electron chi connectivity index (χ2n) is 5.41. The average Bonchev–Trinajstić information content (AvgIpc) is 2.75. The van der Waals surface area contributed by atoms with Crippen LogP contribution in [-0.4, -0.2) is 41.9 Å². The number of carboxylic acids is 1. The summed E-state index contributed by atoms with van der Waals surface area (Å²) >= 11 is 0. The van der Waals surface area contributed by atoms with Crippen LogP contribution in [0.15, 0.2) is 0 Å². The molecule has 3 N–H and O–H groups in total. The summed E-state index contributed by atoms with van der Waals surface area (Å²) in [7, 11) is 0. The number of rotatable bonds is 5. The average molecular weight is 270 g/mol. The molecule has 2 rings (SSSR count). The maximum atomic E-state index is 11.7. The zero-order chi connectivity index (χ0) is 13.8. The van der Waals surface area contributed by atoms with Gasteiger partial charge in [-0.05, 0) is 39.0 Å². The lowest BCUT2D eigenvalue weighted by Crippen LogP contribution is -2.52. The van der Waals surface area contributed by atoms with Gasteiger partial charge in [-0.3, -0.25) is 4.79 Å². The molecule has 2 amide bonds. The van der Waals surface area contributed by atoms with E-state index >= 15 is 0 Å². The summed E-state index contributed by atoms with van der Waals surface area (Å²) in [6.45, 7) is 2.68. The van der Waals surface area contributed by atoms with Gasteiger partial charge >= 0.3 is 12.0 Å². The van der Waals surface area contributed by atoms with Crippen molar-refractivity contribution in [3.05, 3.63) is 0 Å². The van der Waals surface area contributed by atoms with Crippen LogP contribution in [0.1, 0.15) is 39.0 Å². The molecular formula is C13H22N2O4. The van der Waals surface area contributed by atoms with Gasteiger partial charge in [-0.1, -0.05) is 0 Å². The van der Waals surface area contributed by atoms with Gasteiger partial charge in [0.2, 0.25) is 0 Å². The summed E-state index contributed by atoms with van der Waals surface area (Å²) in [6, 6.07) is -0.00641. The van der Waals surface area contributed by atoms with E-state index in [-0.39, 0.29) is 30.1 Å². The summed E-state index contributed by atoms with van der Waals surface area (Å²) in [6.07, 6.45) is 3.94. The third-order valence-corrected chi connectivity index (χ3v) is 3.95. The van der Waals surface area contributed by atoms with Gasteiger partial charge in [-0.25, -0.2) is 4.79 Å². The first-order chi connectivity index (χ1) is 9.08. The first kappa shape index (κ1) is 14.1. The van der Waals surface area contributed by atoms with Crippen LogP contribution in [0.25, 0.3) is 0 Å². The minimum absolute atomic E-state index is 0.0103. The molecule has 6 nitrogen and oxygen atoms in total. The molecule has 0 aromatic carbocycles. The van der Waals surface area contributed by atoms with Gasteiger partial charge in [-0.2, -0.15) is 0 Å². The Balaban J connectivity index is 1.62. The van der Waals surface area contributed by atoms with Crippen LogP contribution in [-0.2, 0) is 9.53 Å². The number of carbonyl (C=O) groups excluding carboxylic acids is 1. The highest BCUT2D eigenvalue weighted by Crippen LogP contribution is 2.26. The lowest BCUT2D eigenvalue weighted by molar-refractivity contribution is -0.141. The number of carboxylic acid groups (broad SMARTS) is 1. The molecule has 6 heteroatoms. The lowest BCUT2D eigenvalue weighted by Gasteiger charge is -2.35. The van der Waals surface area contributed by atoms with E-state index in [0.717, 1.165) is 19.3 Å². The molecule has 0 bridgehead atoms. The van der Waals surface area contributed by atoms with Gasteiger partial charge in [-0.15, -0.1) is 0 Å². The number of amides is 2. The molecular weight excluding hydrogens is 248 g/mol. The predicted octanol–water partition coefficient (Wildman–Crippen LogP) is 1.11. The zero-order valence-electron chi connectivity index (χ0n) is 11.2. The first-order valence-corrected chi connectivity index (χ1v) is 7.00. The Kier molecular flexibility index (Phi) is 4.63. The molecule has 2 unspecified atom stereocenters. The van der Waals surface area contributed by atoms with Gasteiger partial charge in [0.05, 0.1) is 12.0 Å². The van der Waals surface area contributed by atoms with Crippen molar-refractivity contribution in [2.24, 2.45) is 5.92 Å². The lowest BCUT2D eigenvalue weighted by atomic mass is 9.89. The van der Waals surface area contributed by atoms with Gasteiger partial charge < -0.3 is 20.5 Å². The van der Waals surface area contributed by atoms with Gasteiger partial charge in [0, 0.05) is 18.7 Å². The molecule has 0 aromatic rings. The normalized spacial score (nSPS) is 33.5. The van der Waals surface area contributed by atoms with Gasteiger partial charge in [0.15, 0.2) is 0 Å². The number of hydrogen-bond acceptors (Lipinski definition) is 3. The fourth-order valence-electron chi connectivity index (χ4n) is 2.80. The number of aliphatic carboxylic acids is 1. The molecule has 2 fully saturated rings. The summed E-state index contributed by atoms with van der Waals surface area (Å²) in [5.74, 6) is -1.07. The topological polar surface area (TPSA) is 87.7 Å². The molecule has 0 heterocycles. The molecule has 0 spiro atoms. The van der Waals surface area contributed by atoms with Crippen LogP contribution in [0.3, 0.4) is 0 Å². The molecule has 2 aliphatic rings. The monoisotopic (exact) mass is 270 g/mol. The molecule has 2 aliphatic carbocycles. The Labute approximate surface area is 112 Å². The third-order valence-electron chi connectivity index (χ3n) is 3.95. The molecule has 2 saturated carbocycles. The largest absolute Gasteiger partial charge is 0.481 e. The molecule has 2 atom stereocenters. The second-order valence-corrected chi connectivity index (χ2v) is 5.41. The molecule has 108 valence electrons. The number of nitrogens with one attached hydrogen (secondary N) is 2. The van der Waals surface area contributed by atoms with Crippen LogP contribution in [0.5, 0.6) is 0 Å². The Morgan fingerprint density at radius 2 is 1.84 bits per heavy atom. The highest BCUT2D eigenvalue weighted by atomic mass is 16.5. The Morgan fingerprint density at radius 3 is 2.42 bits per heavy atom. The smallest absolute Gasteiger partial charge is 0.315 e. The van der Waals surface area contributed by atoms with E-state index in [1.165, 1.54) is 0 Å². The summed E-state index contributed by atoms with van der Waals surface area (Å²) in [5.41, 5.74) is 0. The minimum Gasteiger partial charge on any atom is -0.481 e. The number of urea groups is 1.